The summed E-state index contributed by atoms with van der Waals surface area (Å²) in [4.78, 5) is 22.1. The van der Waals surface area contributed by atoms with Crippen LogP contribution < -0.4 is 0 Å². The van der Waals surface area contributed by atoms with E-state index in [1.807, 2.05) is 6.92 Å². The van der Waals surface area contributed by atoms with Gasteiger partial charge >= 0.3 is 0 Å². The average Bonchev–Trinajstić information content (AvgIpc) is 2.09. The molecule has 0 spiro atoms. The van der Waals surface area contributed by atoms with Gasteiger partial charge in [-0.15, -0.1) is 0 Å². The summed E-state index contributed by atoms with van der Waals surface area (Å²) in [5.74, 6) is -0.197. The number of rotatable bonds is 1. The third-order valence-electron chi connectivity index (χ3n) is 1.73. The fourth-order valence-electron chi connectivity index (χ4n) is 1.08. The van der Waals surface area contributed by atoms with E-state index >= 15 is 0 Å². The van der Waals surface area contributed by atoms with Gasteiger partial charge in [0.2, 0.25) is 0 Å². The summed E-state index contributed by atoms with van der Waals surface area (Å²) >= 11 is 1.17. The molecule has 1 saturated heterocycles. The second-order valence-electron chi connectivity index (χ2n) is 2.44. The van der Waals surface area contributed by atoms with Gasteiger partial charge in [-0.1, -0.05) is 18.7 Å². The molecule has 0 N–H and O–H groups in total. The van der Waals surface area contributed by atoms with E-state index in [0.717, 1.165) is 0 Å². The summed E-state index contributed by atoms with van der Waals surface area (Å²) < 4.78 is 0. The highest BCUT2D eigenvalue weighted by atomic mass is 32.2. The number of thioether (sulfide) groups is 1. The Kier molecular flexibility index (Phi) is 2.14. The van der Waals surface area contributed by atoms with Crippen LogP contribution in [0.5, 0.6) is 0 Å². The van der Waals surface area contributed by atoms with E-state index in [0.29, 0.717) is 6.42 Å². The normalized spacial score (nSPS) is 33.4. The fraction of sp³-hybridized carbons (Fsp3) is 0.714. The van der Waals surface area contributed by atoms with Crippen molar-refractivity contribution in [1.29, 1.82) is 0 Å². The number of hydrogen-bond acceptors (Lipinski definition) is 3. The molecule has 0 aliphatic carbocycles. The Hall–Kier alpha value is -0.310. The maximum Gasteiger partial charge on any atom is 0.200 e. The molecule has 0 saturated carbocycles. The number of carbonyl (C=O) groups excluding carboxylic acids is 2. The van der Waals surface area contributed by atoms with Gasteiger partial charge in [0.15, 0.2) is 10.9 Å². The van der Waals surface area contributed by atoms with Crippen molar-refractivity contribution < 1.29 is 9.59 Å². The first-order valence-corrected chi connectivity index (χ1v) is 4.29. The minimum Gasteiger partial charge on any atom is -0.298 e. The molecule has 1 fully saturated rings. The Morgan fingerprint density at radius 1 is 1.50 bits per heavy atom. The van der Waals surface area contributed by atoms with Gasteiger partial charge < -0.3 is 0 Å². The van der Waals surface area contributed by atoms with Gasteiger partial charge in [0, 0.05) is 0 Å². The SMILES string of the molecule is CCC1C(=O)SC(C)C1=O. The third kappa shape index (κ3) is 1.10. The summed E-state index contributed by atoms with van der Waals surface area (Å²) in [6, 6.07) is 0. The minimum atomic E-state index is -0.306. The van der Waals surface area contributed by atoms with Crippen molar-refractivity contribution in [2.45, 2.75) is 25.5 Å². The van der Waals surface area contributed by atoms with Gasteiger partial charge in [0.25, 0.3) is 0 Å². The average molecular weight is 158 g/mol. The number of hydrogen-bond donors (Lipinski definition) is 0. The molecule has 10 heavy (non-hydrogen) atoms. The first kappa shape index (κ1) is 7.79. The molecule has 0 aromatic rings. The van der Waals surface area contributed by atoms with Crippen LogP contribution in [-0.2, 0) is 9.59 Å². The molecule has 1 heterocycles. The molecule has 0 aromatic heterocycles. The van der Waals surface area contributed by atoms with Crippen molar-refractivity contribution in [1.82, 2.24) is 0 Å². The van der Waals surface area contributed by atoms with E-state index in [4.69, 9.17) is 0 Å². The van der Waals surface area contributed by atoms with Crippen LogP contribution in [-0.4, -0.2) is 16.1 Å². The Balaban J connectivity index is 2.74. The molecule has 1 rings (SSSR count). The van der Waals surface area contributed by atoms with Crippen LogP contribution in [0.2, 0.25) is 0 Å². The van der Waals surface area contributed by atoms with E-state index < -0.39 is 0 Å². The van der Waals surface area contributed by atoms with Crippen LogP contribution in [0.15, 0.2) is 0 Å². The predicted octanol–water partition coefficient (Wildman–Crippen LogP) is 1.24. The largest absolute Gasteiger partial charge is 0.298 e. The minimum absolute atomic E-state index is 0.0556. The van der Waals surface area contributed by atoms with Crippen LogP contribution in [0.25, 0.3) is 0 Å². The smallest absolute Gasteiger partial charge is 0.200 e. The number of carbonyl (C=O) groups is 2. The Labute approximate surface area is 64.4 Å². The number of ketones is 1. The zero-order chi connectivity index (χ0) is 7.72. The van der Waals surface area contributed by atoms with Crippen molar-refractivity contribution in [2.24, 2.45) is 5.92 Å². The van der Waals surface area contributed by atoms with Gasteiger partial charge in [-0.05, 0) is 13.3 Å². The zero-order valence-corrected chi connectivity index (χ0v) is 6.90. The maximum atomic E-state index is 11.1. The van der Waals surface area contributed by atoms with E-state index in [1.165, 1.54) is 11.8 Å². The van der Waals surface area contributed by atoms with Gasteiger partial charge in [0.1, 0.15) is 0 Å². The molecule has 0 aromatic carbocycles. The number of Topliss-reactive ketones (excluding diaryl/α,β-unsaturated/α-hetero) is 1. The fourth-order valence-corrected chi connectivity index (χ4v) is 2.16. The molecule has 2 unspecified atom stereocenters. The Morgan fingerprint density at radius 2 is 2.10 bits per heavy atom. The molecule has 56 valence electrons. The van der Waals surface area contributed by atoms with Gasteiger partial charge in [-0.3, -0.25) is 9.59 Å². The Morgan fingerprint density at radius 3 is 2.30 bits per heavy atom. The van der Waals surface area contributed by atoms with Gasteiger partial charge in [-0.2, -0.15) is 0 Å². The molecule has 1 aliphatic heterocycles. The summed E-state index contributed by atoms with van der Waals surface area (Å²) in [7, 11) is 0. The van der Waals surface area contributed by atoms with Crippen LogP contribution in [0.1, 0.15) is 20.3 Å². The van der Waals surface area contributed by atoms with Crippen LogP contribution in [0, 0.1) is 5.92 Å². The molecule has 0 radical (unpaired) electrons. The summed E-state index contributed by atoms with van der Waals surface area (Å²) in [6.07, 6.45) is 0.662. The van der Waals surface area contributed by atoms with Gasteiger partial charge in [0.05, 0.1) is 11.2 Å². The first-order valence-electron chi connectivity index (χ1n) is 3.41. The summed E-state index contributed by atoms with van der Waals surface area (Å²) in [5, 5.41) is -0.0440. The second kappa shape index (κ2) is 2.74. The lowest BCUT2D eigenvalue weighted by Gasteiger charge is -1.98. The van der Waals surface area contributed by atoms with Crippen molar-refractivity contribution in [3.05, 3.63) is 0 Å². The van der Waals surface area contributed by atoms with Crippen LogP contribution in [0.4, 0.5) is 0 Å². The van der Waals surface area contributed by atoms with Crippen molar-refractivity contribution in [3.63, 3.8) is 0 Å². The second-order valence-corrected chi connectivity index (χ2v) is 3.79. The highest BCUT2D eigenvalue weighted by Gasteiger charge is 2.37. The zero-order valence-electron chi connectivity index (χ0n) is 6.09. The molecular formula is C7H10O2S. The Bertz CT molecular complexity index is 176. The molecule has 0 amide bonds. The molecule has 2 nitrogen and oxygen atoms in total. The predicted molar refractivity (Wildman–Crippen MR) is 40.8 cm³/mol. The summed E-state index contributed by atoms with van der Waals surface area (Å²) in [6.45, 7) is 3.67. The van der Waals surface area contributed by atoms with Crippen molar-refractivity contribution in [3.8, 4) is 0 Å². The van der Waals surface area contributed by atoms with E-state index in [2.05, 4.69) is 0 Å². The topological polar surface area (TPSA) is 34.1 Å². The first-order chi connectivity index (χ1) is 4.66. The van der Waals surface area contributed by atoms with E-state index in [-0.39, 0.29) is 22.1 Å². The van der Waals surface area contributed by atoms with Crippen LogP contribution in [0.3, 0.4) is 0 Å². The lowest BCUT2D eigenvalue weighted by Crippen LogP contribution is -2.16. The van der Waals surface area contributed by atoms with E-state index in [1.54, 1.807) is 6.92 Å². The molecule has 1 aliphatic rings. The summed E-state index contributed by atoms with van der Waals surface area (Å²) in [5.41, 5.74) is 0. The van der Waals surface area contributed by atoms with Gasteiger partial charge in [-0.25, -0.2) is 0 Å². The highest BCUT2D eigenvalue weighted by molar-refractivity contribution is 8.15. The van der Waals surface area contributed by atoms with Crippen molar-refractivity contribution in [2.75, 3.05) is 0 Å². The van der Waals surface area contributed by atoms with Crippen molar-refractivity contribution >= 4 is 22.7 Å². The van der Waals surface area contributed by atoms with E-state index in [9.17, 15) is 9.59 Å². The molecule has 0 bridgehead atoms. The quantitative estimate of drug-likeness (QED) is 0.538. The highest BCUT2D eigenvalue weighted by Crippen LogP contribution is 2.30. The third-order valence-corrected chi connectivity index (χ3v) is 2.83. The van der Waals surface area contributed by atoms with Crippen LogP contribution >= 0.6 is 11.8 Å². The molecular weight excluding hydrogens is 148 g/mol. The standard InChI is InChI=1S/C7H10O2S/c1-3-5-6(8)4(2)10-7(5)9/h4-5H,3H2,1-2H3. The maximum absolute atomic E-state index is 11.1. The monoisotopic (exact) mass is 158 g/mol. The molecule has 2 atom stereocenters. The molecule has 3 heteroatoms. The lowest BCUT2D eigenvalue weighted by atomic mass is 10.0. The lowest BCUT2D eigenvalue weighted by molar-refractivity contribution is -0.126.